The van der Waals surface area contributed by atoms with Crippen LogP contribution in [-0.2, 0) is 0 Å². The second-order valence-electron chi connectivity index (χ2n) is 2.68. The summed E-state index contributed by atoms with van der Waals surface area (Å²) in [5.41, 5.74) is 0.937. The first-order valence-corrected chi connectivity index (χ1v) is 3.74. The molecule has 0 N–H and O–H groups in total. The quantitative estimate of drug-likeness (QED) is 0.630. The Labute approximate surface area is 73.2 Å². The zero-order valence-corrected chi connectivity index (χ0v) is 6.87. The Morgan fingerprint density at radius 3 is 3.00 bits per heavy atom. The first-order chi connectivity index (χ1) is 6.18. The number of aromatic nitrogens is 1. The second kappa shape index (κ2) is 2.65. The molecule has 0 saturated heterocycles. The van der Waals surface area contributed by atoms with Gasteiger partial charge in [0.15, 0.2) is 11.4 Å². The minimum Gasteiger partial charge on any atom is -0.414 e. The van der Waals surface area contributed by atoms with Crippen molar-refractivity contribution in [2.75, 3.05) is 0 Å². The lowest BCUT2D eigenvalue weighted by Crippen LogP contribution is -1.91. The van der Waals surface area contributed by atoms with Crippen LogP contribution in [0.2, 0.25) is 0 Å². The molecule has 0 aliphatic rings. The SMILES string of the molecule is CC(=O)c1cccc2nc(F)oc12. The normalized spacial score (nSPS) is 10.6. The maximum atomic E-state index is 12.6. The van der Waals surface area contributed by atoms with Crippen LogP contribution in [-0.4, -0.2) is 10.8 Å². The van der Waals surface area contributed by atoms with Crippen LogP contribution in [0.25, 0.3) is 11.1 Å². The van der Waals surface area contributed by atoms with Gasteiger partial charge in [0, 0.05) is 0 Å². The Morgan fingerprint density at radius 1 is 1.54 bits per heavy atom. The molecule has 0 bridgehead atoms. The molecule has 0 aliphatic carbocycles. The zero-order valence-electron chi connectivity index (χ0n) is 6.87. The maximum absolute atomic E-state index is 12.6. The fraction of sp³-hybridized carbons (Fsp3) is 0.111. The fourth-order valence-electron chi connectivity index (χ4n) is 1.20. The summed E-state index contributed by atoms with van der Waals surface area (Å²) >= 11 is 0. The summed E-state index contributed by atoms with van der Waals surface area (Å²) in [6.45, 7) is 1.40. The summed E-state index contributed by atoms with van der Waals surface area (Å²) in [4.78, 5) is 14.5. The highest BCUT2D eigenvalue weighted by atomic mass is 19.1. The largest absolute Gasteiger partial charge is 0.414 e. The van der Waals surface area contributed by atoms with Gasteiger partial charge in [-0.25, -0.2) is 0 Å². The summed E-state index contributed by atoms with van der Waals surface area (Å²) in [6.07, 6.45) is -0.913. The molecule has 1 aromatic carbocycles. The lowest BCUT2D eigenvalue weighted by Gasteiger charge is -1.93. The average Bonchev–Trinajstić information content (AvgIpc) is 2.43. The van der Waals surface area contributed by atoms with Crippen LogP contribution in [0.3, 0.4) is 0 Å². The molecule has 4 heteroatoms. The van der Waals surface area contributed by atoms with Gasteiger partial charge in [0.25, 0.3) is 0 Å². The van der Waals surface area contributed by atoms with E-state index in [0.717, 1.165) is 0 Å². The Morgan fingerprint density at radius 2 is 2.31 bits per heavy atom. The highest BCUT2D eigenvalue weighted by Crippen LogP contribution is 2.19. The molecule has 2 rings (SSSR count). The van der Waals surface area contributed by atoms with Gasteiger partial charge < -0.3 is 4.42 Å². The molecule has 0 amide bonds. The van der Waals surface area contributed by atoms with E-state index in [1.165, 1.54) is 6.92 Å². The number of Topliss-reactive ketones (excluding diaryl/α,β-unsaturated/α-hetero) is 1. The number of hydrogen-bond donors (Lipinski definition) is 0. The molecular weight excluding hydrogens is 173 g/mol. The van der Waals surface area contributed by atoms with Crippen LogP contribution in [0.15, 0.2) is 22.6 Å². The minimum atomic E-state index is -0.913. The lowest BCUT2D eigenvalue weighted by molar-refractivity contribution is 0.101. The monoisotopic (exact) mass is 179 g/mol. The van der Waals surface area contributed by atoms with E-state index in [0.29, 0.717) is 11.1 Å². The first kappa shape index (κ1) is 7.91. The Bertz CT molecular complexity index is 475. The number of carbonyl (C=O) groups is 1. The molecule has 1 aromatic heterocycles. The van der Waals surface area contributed by atoms with Crippen LogP contribution < -0.4 is 0 Å². The van der Waals surface area contributed by atoms with E-state index in [-0.39, 0.29) is 11.4 Å². The van der Waals surface area contributed by atoms with E-state index in [9.17, 15) is 9.18 Å². The van der Waals surface area contributed by atoms with Crippen molar-refractivity contribution in [3.63, 3.8) is 0 Å². The molecule has 3 nitrogen and oxygen atoms in total. The van der Waals surface area contributed by atoms with Crippen molar-refractivity contribution in [3.05, 3.63) is 29.9 Å². The molecule has 13 heavy (non-hydrogen) atoms. The van der Waals surface area contributed by atoms with Crippen molar-refractivity contribution in [2.45, 2.75) is 6.92 Å². The van der Waals surface area contributed by atoms with Gasteiger partial charge in [-0.3, -0.25) is 4.79 Å². The van der Waals surface area contributed by atoms with Crippen molar-refractivity contribution in [1.29, 1.82) is 0 Å². The molecule has 0 unspecified atom stereocenters. The van der Waals surface area contributed by atoms with E-state index in [1.54, 1.807) is 18.2 Å². The van der Waals surface area contributed by atoms with Crippen LogP contribution in [0, 0.1) is 6.14 Å². The molecule has 0 atom stereocenters. The summed E-state index contributed by atoms with van der Waals surface area (Å²) in [5, 5.41) is 0. The number of ketones is 1. The predicted octanol–water partition coefficient (Wildman–Crippen LogP) is 2.17. The number of nitrogens with zero attached hydrogens (tertiary/aromatic N) is 1. The van der Waals surface area contributed by atoms with Gasteiger partial charge in [0.2, 0.25) is 0 Å². The Hall–Kier alpha value is -1.71. The topological polar surface area (TPSA) is 43.1 Å². The number of hydrogen-bond acceptors (Lipinski definition) is 3. The zero-order chi connectivity index (χ0) is 9.42. The van der Waals surface area contributed by atoms with Crippen molar-refractivity contribution < 1.29 is 13.6 Å². The summed E-state index contributed by atoms with van der Waals surface area (Å²) < 4.78 is 17.2. The molecule has 0 aliphatic heterocycles. The van der Waals surface area contributed by atoms with Gasteiger partial charge >= 0.3 is 6.14 Å². The van der Waals surface area contributed by atoms with Crippen molar-refractivity contribution >= 4 is 16.9 Å². The number of halogens is 1. The van der Waals surface area contributed by atoms with Crippen LogP contribution in [0.1, 0.15) is 17.3 Å². The smallest absolute Gasteiger partial charge is 0.382 e. The van der Waals surface area contributed by atoms with E-state index < -0.39 is 6.14 Å². The van der Waals surface area contributed by atoms with Gasteiger partial charge in [-0.1, -0.05) is 6.07 Å². The third kappa shape index (κ3) is 1.20. The number of para-hydroxylation sites is 1. The van der Waals surface area contributed by atoms with Crippen LogP contribution in [0.5, 0.6) is 0 Å². The molecule has 0 fully saturated rings. The standard InChI is InChI=1S/C9H6FNO2/c1-5(12)6-3-2-4-7-8(6)13-9(10)11-7/h2-4H,1H3. The van der Waals surface area contributed by atoms with E-state index in [4.69, 9.17) is 0 Å². The highest BCUT2D eigenvalue weighted by molar-refractivity contribution is 6.03. The molecular formula is C9H6FNO2. The fourth-order valence-corrected chi connectivity index (χ4v) is 1.20. The van der Waals surface area contributed by atoms with E-state index in [1.807, 2.05) is 0 Å². The third-order valence-corrected chi connectivity index (χ3v) is 1.77. The van der Waals surface area contributed by atoms with E-state index in [2.05, 4.69) is 9.40 Å². The van der Waals surface area contributed by atoms with Crippen molar-refractivity contribution in [1.82, 2.24) is 4.98 Å². The molecule has 66 valence electrons. The summed E-state index contributed by atoms with van der Waals surface area (Å²) in [6, 6.07) is 4.81. The molecule has 1 heterocycles. The third-order valence-electron chi connectivity index (χ3n) is 1.77. The van der Waals surface area contributed by atoms with Gasteiger partial charge in [0.1, 0.15) is 5.52 Å². The van der Waals surface area contributed by atoms with Crippen molar-refractivity contribution in [3.8, 4) is 0 Å². The predicted molar refractivity (Wildman–Crippen MR) is 44.0 cm³/mol. The second-order valence-corrected chi connectivity index (χ2v) is 2.68. The molecule has 0 saturated carbocycles. The lowest BCUT2D eigenvalue weighted by atomic mass is 10.1. The minimum absolute atomic E-state index is 0.165. The summed E-state index contributed by atoms with van der Waals surface area (Å²) in [5.74, 6) is -0.165. The van der Waals surface area contributed by atoms with Gasteiger partial charge in [-0.05, 0) is 19.1 Å². The van der Waals surface area contributed by atoms with Crippen molar-refractivity contribution in [2.24, 2.45) is 0 Å². The number of fused-ring (bicyclic) bond motifs is 1. The molecule has 0 spiro atoms. The average molecular weight is 179 g/mol. The van der Waals surface area contributed by atoms with Gasteiger partial charge in [-0.15, -0.1) is 4.39 Å². The Balaban J connectivity index is 2.82. The number of oxazole rings is 1. The van der Waals surface area contributed by atoms with E-state index >= 15 is 0 Å². The highest BCUT2D eigenvalue weighted by Gasteiger charge is 2.11. The number of rotatable bonds is 1. The molecule has 0 radical (unpaired) electrons. The first-order valence-electron chi connectivity index (χ1n) is 3.74. The number of carbonyl (C=O) groups excluding carboxylic acids is 1. The van der Waals surface area contributed by atoms with Crippen LogP contribution in [0.4, 0.5) is 4.39 Å². The number of benzene rings is 1. The van der Waals surface area contributed by atoms with Gasteiger partial charge in [0.05, 0.1) is 5.56 Å². The Kier molecular flexibility index (Phi) is 1.62. The molecule has 2 aromatic rings. The van der Waals surface area contributed by atoms with Crippen LogP contribution >= 0.6 is 0 Å². The van der Waals surface area contributed by atoms with Gasteiger partial charge in [-0.2, -0.15) is 4.98 Å². The summed E-state index contributed by atoms with van der Waals surface area (Å²) in [7, 11) is 0. The maximum Gasteiger partial charge on any atom is 0.382 e.